The molecule has 2 aliphatic carbocycles. The number of Topliss-reactive ketones (excluding diaryl/α,β-unsaturated/α-hetero) is 1. The van der Waals surface area contributed by atoms with Gasteiger partial charge in [-0.1, -0.05) is 36.4 Å². The van der Waals surface area contributed by atoms with Crippen LogP contribution in [0.4, 0.5) is 0 Å². The minimum absolute atomic E-state index is 0.0234. The Balaban J connectivity index is 1.53. The van der Waals surface area contributed by atoms with Gasteiger partial charge in [0.15, 0.2) is 5.78 Å². The van der Waals surface area contributed by atoms with E-state index in [1.165, 1.54) is 0 Å². The lowest BCUT2D eigenvalue weighted by Crippen LogP contribution is -2.39. The number of benzene rings is 1. The first kappa shape index (κ1) is 20.8. The standard InChI is InChI=1S/C27H28N2O3/c1-17-24(27(31)32-21-11-5-6-12-21)25(19-10-7-13-28-16-19)26-22(29-17)14-20(15-23(26)30)18-8-3-2-4-9-18/h2-4,7-10,13,16,20-21,24-25H,5-6,11-12,14-15H2,1H3/t20-,24?,25+/m1/s1. The number of ether oxygens (including phenoxy) is 1. The molecule has 1 aliphatic heterocycles. The van der Waals surface area contributed by atoms with Crippen LogP contribution in [0.15, 0.2) is 71.1 Å². The molecule has 1 saturated carbocycles. The highest BCUT2D eigenvalue weighted by Gasteiger charge is 2.45. The first-order valence-corrected chi connectivity index (χ1v) is 11.6. The van der Waals surface area contributed by atoms with Gasteiger partial charge in [0, 0.05) is 41.7 Å². The fraction of sp³-hybridized carbons (Fsp3) is 0.407. The zero-order valence-electron chi connectivity index (χ0n) is 18.4. The highest BCUT2D eigenvalue weighted by atomic mass is 16.5. The van der Waals surface area contributed by atoms with Gasteiger partial charge in [-0.15, -0.1) is 0 Å². The van der Waals surface area contributed by atoms with E-state index >= 15 is 0 Å². The van der Waals surface area contributed by atoms with E-state index in [1.807, 2.05) is 37.3 Å². The second-order valence-corrected chi connectivity index (χ2v) is 9.14. The van der Waals surface area contributed by atoms with Gasteiger partial charge in [0.25, 0.3) is 0 Å². The van der Waals surface area contributed by atoms with E-state index < -0.39 is 11.8 Å². The second kappa shape index (κ2) is 8.81. The van der Waals surface area contributed by atoms with Crippen molar-refractivity contribution in [2.24, 2.45) is 10.9 Å². The van der Waals surface area contributed by atoms with Crippen LogP contribution in [0.3, 0.4) is 0 Å². The van der Waals surface area contributed by atoms with Crippen LogP contribution in [-0.2, 0) is 14.3 Å². The molecule has 5 rings (SSSR count). The van der Waals surface area contributed by atoms with Crippen molar-refractivity contribution in [2.75, 3.05) is 0 Å². The van der Waals surface area contributed by atoms with E-state index in [-0.39, 0.29) is 23.8 Å². The fourth-order valence-corrected chi connectivity index (χ4v) is 5.49. The first-order valence-electron chi connectivity index (χ1n) is 11.6. The van der Waals surface area contributed by atoms with Crippen LogP contribution in [0, 0.1) is 5.92 Å². The topological polar surface area (TPSA) is 68.6 Å². The molecule has 164 valence electrons. The van der Waals surface area contributed by atoms with Gasteiger partial charge in [-0.25, -0.2) is 0 Å². The van der Waals surface area contributed by atoms with Gasteiger partial charge < -0.3 is 4.74 Å². The van der Waals surface area contributed by atoms with Gasteiger partial charge in [0.1, 0.15) is 12.0 Å². The van der Waals surface area contributed by atoms with Crippen LogP contribution in [0.25, 0.3) is 0 Å². The van der Waals surface area contributed by atoms with Crippen molar-refractivity contribution in [1.29, 1.82) is 0 Å². The van der Waals surface area contributed by atoms with Crippen molar-refractivity contribution in [3.63, 3.8) is 0 Å². The largest absolute Gasteiger partial charge is 0.462 e. The summed E-state index contributed by atoms with van der Waals surface area (Å²) in [6.45, 7) is 1.89. The van der Waals surface area contributed by atoms with Gasteiger partial charge in [0.05, 0.1) is 0 Å². The van der Waals surface area contributed by atoms with E-state index in [9.17, 15) is 9.59 Å². The van der Waals surface area contributed by atoms with E-state index in [0.29, 0.717) is 18.4 Å². The quantitative estimate of drug-likeness (QED) is 0.632. The summed E-state index contributed by atoms with van der Waals surface area (Å²) in [5.74, 6) is -1.07. The molecule has 0 bridgehead atoms. The minimum Gasteiger partial charge on any atom is -0.462 e. The third-order valence-corrected chi connectivity index (χ3v) is 7.04. The summed E-state index contributed by atoms with van der Waals surface area (Å²) in [5.41, 5.74) is 4.23. The van der Waals surface area contributed by atoms with Gasteiger partial charge >= 0.3 is 5.97 Å². The smallest absolute Gasteiger partial charge is 0.315 e. The molecule has 3 atom stereocenters. The Morgan fingerprint density at radius 2 is 1.75 bits per heavy atom. The molecule has 1 unspecified atom stereocenters. The SMILES string of the molecule is CC1=NC2=C(C(=O)C[C@H](c3ccccc3)C2)[C@@H](c2cccnc2)C1C(=O)OC1CCCC1. The molecule has 1 aromatic carbocycles. The molecule has 0 radical (unpaired) electrons. The third-order valence-electron chi connectivity index (χ3n) is 7.04. The highest BCUT2D eigenvalue weighted by Crippen LogP contribution is 2.46. The van der Waals surface area contributed by atoms with Crippen LogP contribution in [0.1, 0.15) is 68.4 Å². The minimum atomic E-state index is -0.587. The number of nitrogens with zero attached hydrogens (tertiary/aromatic N) is 2. The number of hydrogen-bond donors (Lipinski definition) is 0. The molecular weight excluding hydrogens is 400 g/mol. The lowest BCUT2D eigenvalue weighted by Gasteiger charge is -2.36. The normalized spacial score (nSPS) is 26.0. The zero-order valence-corrected chi connectivity index (χ0v) is 18.4. The Labute approximate surface area is 188 Å². The maximum absolute atomic E-state index is 13.5. The van der Waals surface area contributed by atoms with Crippen LogP contribution < -0.4 is 0 Å². The summed E-state index contributed by atoms with van der Waals surface area (Å²) in [6, 6.07) is 14.0. The Kier molecular flexibility index (Phi) is 5.73. The zero-order chi connectivity index (χ0) is 22.1. The molecule has 5 nitrogen and oxygen atoms in total. The van der Waals surface area contributed by atoms with Crippen LogP contribution >= 0.6 is 0 Å². The van der Waals surface area contributed by atoms with E-state index in [2.05, 4.69) is 17.1 Å². The molecule has 0 N–H and O–H groups in total. The van der Waals surface area contributed by atoms with Crippen LogP contribution in [-0.4, -0.2) is 28.6 Å². The van der Waals surface area contributed by atoms with Gasteiger partial charge in [-0.05, 0) is 62.1 Å². The number of rotatable bonds is 4. The van der Waals surface area contributed by atoms with Crippen molar-refractivity contribution in [3.8, 4) is 0 Å². The molecule has 0 saturated heterocycles. The Morgan fingerprint density at radius 1 is 1.00 bits per heavy atom. The van der Waals surface area contributed by atoms with Crippen molar-refractivity contribution in [3.05, 3.63) is 77.3 Å². The Hall–Kier alpha value is -3.08. The number of allylic oxidation sites excluding steroid dienone is 2. The molecule has 1 fully saturated rings. The number of aliphatic imine (C=N–C) groups is 1. The van der Waals surface area contributed by atoms with E-state index in [0.717, 1.165) is 48.2 Å². The lowest BCUT2D eigenvalue weighted by atomic mass is 9.69. The third kappa shape index (κ3) is 3.92. The number of pyridine rings is 1. The number of hydrogen-bond acceptors (Lipinski definition) is 5. The molecular formula is C27H28N2O3. The molecule has 2 heterocycles. The molecule has 5 heteroatoms. The number of carbonyl (C=O) groups is 2. The molecule has 3 aliphatic rings. The van der Waals surface area contributed by atoms with Crippen molar-refractivity contribution < 1.29 is 14.3 Å². The number of carbonyl (C=O) groups excluding carboxylic acids is 2. The maximum atomic E-state index is 13.5. The van der Waals surface area contributed by atoms with Gasteiger partial charge in [-0.2, -0.15) is 0 Å². The summed E-state index contributed by atoms with van der Waals surface area (Å²) >= 11 is 0. The monoisotopic (exact) mass is 428 g/mol. The predicted molar refractivity (Wildman–Crippen MR) is 122 cm³/mol. The van der Waals surface area contributed by atoms with Crippen LogP contribution in [0.2, 0.25) is 0 Å². The first-order chi connectivity index (χ1) is 15.6. The van der Waals surface area contributed by atoms with Crippen molar-refractivity contribution in [2.45, 2.75) is 63.4 Å². The summed E-state index contributed by atoms with van der Waals surface area (Å²) in [7, 11) is 0. The average molecular weight is 429 g/mol. The van der Waals surface area contributed by atoms with Crippen molar-refractivity contribution >= 4 is 17.5 Å². The summed E-state index contributed by atoms with van der Waals surface area (Å²) < 4.78 is 5.90. The summed E-state index contributed by atoms with van der Waals surface area (Å²) in [6.07, 6.45) is 8.60. The predicted octanol–water partition coefficient (Wildman–Crippen LogP) is 5.14. The highest BCUT2D eigenvalue weighted by molar-refractivity contribution is 6.09. The lowest BCUT2D eigenvalue weighted by molar-refractivity contribution is -0.151. The maximum Gasteiger partial charge on any atom is 0.315 e. The number of esters is 1. The van der Waals surface area contributed by atoms with Gasteiger partial charge in [0.2, 0.25) is 0 Å². The average Bonchev–Trinajstić information content (AvgIpc) is 3.32. The number of aromatic nitrogens is 1. The Morgan fingerprint density at radius 3 is 2.47 bits per heavy atom. The summed E-state index contributed by atoms with van der Waals surface area (Å²) in [4.78, 5) is 36.0. The fourth-order valence-electron chi connectivity index (χ4n) is 5.49. The van der Waals surface area contributed by atoms with E-state index in [1.54, 1.807) is 12.4 Å². The Bertz CT molecular complexity index is 1070. The van der Waals surface area contributed by atoms with Gasteiger partial charge in [-0.3, -0.25) is 19.6 Å². The van der Waals surface area contributed by atoms with Crippen LogP contribution in [0.5, 0.6) is 0 Å². The molecule has 32 heavy (non-hydrogen) atoms. The molecule has 0 amide bonds. The van der Waals surface area contributed by atoms with Crippen molar-refractivity contribution in [1.82, 2.24) is 4.98 Å². The molecule has 0 spiro atoms. The second-order valence-electron chi connectivity index (χ2n) is 9.14. The summed E-state index contributed by atoms with van der Waals surface area (Å²) in [5, 5.41) is 0. The van der Waals surface area contributed by atoms with E-state index in [4.69, 9.17) is 9.73 Å². The molecule has 1 aromatic heterocycles. The number of ketones is 1. The molecule has 2 aromatic rings.